The van der Waals surface area contributed by atoms with Gasteiger partial charge in [-0.3, -0.25) is 4.79 Å². The molecule has 2 heteroatoms. The molecule has 122 valence electrons. The number of carbonyl (C=O) groups is 1. The van der Waals surface area contributed by atoms with E-state index in [0.29, 0.717) is 6.42 Å². The maximum absolute atomic E-state index is 12.6. The minimum atomic E-state index is 0.0851. The molecule has 1 atom stereocenters. The molecule has 0 heterocycles. The molecule has 1 unspecified atom stereocenters. The van der Waals surface area contributed by atoms with Crippen LogP contribution in [-0.2, 0) is 0 Å². The maximum atomic E-state index is 12.6. The van der Waals surface area contributed by atoms with Crippen LogP contribution in [0.5, 0.6) is 0 Å². The Bertz CT molecular complexity index is 589. The Kier molecular flexibility index (Phi) is 7.02. The van der Waals surface area contributed by atoms with Crippen molar-refractivity contribution in [3.05, 3.63) is 71.3 Å². The van der Waals surface area contributed by atoms with Crippen molar-refractivity contribution >= 4 is 5.78 Å². The van der Waals surface area contributed by atoms with Crippen molar-refractivity contribution in [1.29, 1.82) is 0 Å². The minimum absolute atomic E-state index is 0.0851. The molecule has 2 nitrogen and oxygen atoms in total. The van der Waals surface area contributed by atoms with Crippen LogP contribution in [0.3, 0.4) is 0 Å². The molecule has 0 amide bonds. The van der Waals surface area contributed by atoms with E-state index >= 15 is 0 Å². The van der Waals surface area contributed by atoms with Gasteiger partial charge in [0.1, 0.15) is 0 Å². The lowest BCUT2D eigenvalue weighted by Gasteiger charge is -2.19. The second-order valence-electron chi connectivity index (χ2n) is 6.12. The number of hydrogen-bond donors (Lipinski definition) is 1. The average molecular weight is 309 g/mol. The van der Waals surface area contributed by atoms with Crippen molar-refractivity contribution in [3.63, 3.8) is 0 Å². The van der Waals surface area contributed by atoms with Crippen molar-refractivity contribution < 1.29 is 4.79 Å². The van der Waals surface area contributed by atoms with E-state index in [4.69, 9.17) is 0 Å². The first kappa shape index (κ1) is 17.4. The van der Waals surface area contributed by atoms with Crippen LogP contribution in [0.15, 0.2) is 54.6 Å². The summed E-state index contributed by atoms with van der Waals surface area (Å²) in [4.78, 5) is 12.6. The van der Waals surface area contributed by atoms with Crippen LogP contribution in [0, 0.1) is 6.92 Å². The van der Waals surface area contributed by atoms with Gasteiger partial charge in [0.2, 0.25) is 0 Å². The summed E-state index contributed by atoms with van der Waals surface area (Å²) in [6, 6.07) is 18.2. The third kappa shape index (κ3) is 5.65. The first-order valence-electron chi connectivity index (χ1n) is 8.59. The number of Topliss-reactive ketones (excluding diaryl/α,β-unsaturated/α-hetero) is 1. The molecule has 0 spiro atoms. The van der Waals surface area contributed by atoms with Gasteiger partial charge in [-0.05, 0) is 25.5 Å². The number of aryl methyl sites for hydroxylation is 1. The molecule has 0 bridgehead atoms. The van der Waals surface area contributed by atoms with Gasteiger partial charge in [0.15, 0.2) is 5.78 Å². The Morgan fingerprint density at radius 3 is 2.35 bits per heavy atom. The van der Waals surface area contributed by atoms with Gasteiger partial charge in [-0.15, -0.1) is 0 Å². The number of rotatable bonds is 9. The van der Waals surface area contributed by atoms with Crippen LogP contribution in [0.2, 0.25) is 0 Å². The zero-order valence-electron chi connectivity index (χ0n) is 14.2. The Labute approximate surface area is 139 Å². The Hall–Kier alpha value is -1.93. The Balaban J connectivity index is 2.04. The second kappa shape index (κ2) is 9.26. The van der Waals surface area contributed by atoms with Crippen LogP contribution < -0.4 is 5.32 Å². The second-order valence-corrected chi connectivity index (χ2v) is 6.12. The maximum Gasteiger partial charge on any atom is 0.164 e. The molecule has 23 heavy (non-hydrogen) atoms. The van der Waals surface area contributed by atoms with Gasteiger partial charge in [-0.2, -0.15) is 0 Å². The highest BCUT2D eigenvalue weighted by molar-refractivity contribution is 5.96. The molecule has 0 aliphatic heterocycles. The summed E-state index contributed by atoms with van der Waals surface area (Å²) >= 11 is 0. The number of benzene rings is 2. The molecular weight excluding hydrogens is 282 g/mol. The highest BCUT2D eigenvalue weighted by atomic mass is 16.1. The molecule has 0 aliphatic carbocycles. The molecule has 2 rings (SSSR count). The molecule has 0 aliphatic rings. The summed E-state index contributed by atoms with van der Waals surface area (Å²) in [6.07, 6.45) is 4.08. The largest absolute Gasteiger partial charge is 0.310 e. The first-order chi connectivity index (χ1) is 11.2. The normalized spacial score (nSPS) is 12.1. The number of unbranched alkanes of at least 4 members (excludes halogenated alkanes) is 2. The monoisotopic (exact) mass is 309 g/mol. The summed E-state index contributed by atoms with van der Waals surface area (Å²) in [5.41, 5.74) is 3.16. The first-order valence-corrected chi connectivity index (χ1v) is 8.59. The van der Waals surface area contributed by atoms with Crippen molar-refractivity contribution in [2.45, 2.75) is 45.6 Å². The van der Waals surface area contributed by atoms with E-state index in [1.807, 2.05) is 49.4 Å². The predicted molar refractivity (Wildman–Crippen MR) is 96.8 cm³/mol. The fourth-order valence-corrected chi connectivity index (χ4v) is 2.69. The quantitative estimate of drug-likeness (QED) is 0.516. The van der Waals surface area contributed by atoms with Crippen molar-refractivity contribution in [1.82, 2.24) is 5.32 Å². The zero-order valence-corrected chi connectivity index (χ0v) is 14.2. The molecule has 0 saturated heterocycles. The van der Waals surface area contributed by atoms with Crippen molar-refractivity contribution in [2.24, 2.45) is 0 Å². The van der Waals surface area contributed by atoms with Gasteiger partial charge in [0.25, 0.3) is 0 Å². The van der Waals surface area contributed by atoms with Crippen LogP contribution in [0.4, 0.5) is 0 Å². The molecular formula is C21H27NO. The van der Waals surface area contributed by atoms with E-state index in [9.17, 15) is 4.79 Å². The summed E-state index contributed by atoms with van der Waals surface area (Å²) in [7, 11) is 0. The average Bonchev–Trinajstić information content (AvgIpc) is 2.59. The molecule has 2 aromatic rings. The third-order valence-electron chi connectivity index (χ3n) is 4.14. The standard InChI is InChI=1S/C21H27NO/c1-3-4-8-15-22-20(18-9-6-5-7-10-18)16-21(23)19-13-11-17(2)12-14-19/h5-7,9-14,20,22H,3-4,8,15-16H2,1-2H3. The highest BCUT2D eigenvalue weighted by Crippen LogP contribution is 2.19. The van der Waals surface area contributed by atoms with E-state index in [1.54, 1.807) is 0 Å². The lowest BCUT2D eigenvalue weighted by atomic mass is 9.97. The smallest absolute Gasteiger partial charge is 0.164 e. The summed E-state index contributed by atoms with van der Waals surface area (Å²) in [5.74, 6) is 0.196. The van der Waals surface area contributed by atoms with Gasteiger partial charge in [-0.25, -0.2) is 0 Å². The fourth-order valence-electron chi connectivity index (χ4n) is 2.69. The topological polar surface area (TPSA) is 29.1 Å². The van der Waals surface area contributed by atoms with Crippen LogP contribution in [0.25, 0.3) is 0 Å². The summed E-state index contributed by atoms with van der Waals surface area (Å²) in [5, 5.41) is 3.56. The molecule has 1 N–H and O–H groups in total. The molecule has 2 aromatic carbocycles. The van der Waals surface area contributed by atoms with Crippen molar-refractivity contribution in [3.8, 4) is 0 Å². The fraction of sp³-hybridized carbons (Fsp3) is 0.381. The van der Waals surface area contributed by atoms with Crippen LogP contribution in [0.1, 0.15) is 60.1 Å². The number of carbonyl (C=O) groups excluding carboxylic acids is 1. The van der Waals surface area contributed by atoms with E-state index in [0.717, 1.165) is 18.5 Å². The predicted octanol–water partition coefficient (Wildman–Crippen LogP) is 5.09. The van der Waals surface area contributed by atoms with Gasteiger partial charge in [-0.1, -0.05) is 79.9 Å². The van der Waals surface area contributed by atoms with E-state index in [1.165, 1.54) is 24.0 Å². The van der Waals surface area contributed by atoms with Crippen molar-refractivity contribution in [2.75, 3.05) is 6.54 Å². The van der Waals surface area contributed by atoms with Crippen LogP contribution >= 0.6 is 0 Å². The van der Waals surface area contributed by atoms with Gasteiger partial charge >= 0.3 is 0 Å². The van der Waals surface area contributed by atoms with Crippen LogP contribution in [-0.4, -0.2) is 12.3 Å². The van der Waals surface area contributed by atoms with E-state index in [2.05, 4.69) is 24.4 Å². The Morgan fingerprint density at radius 2 is 1.70 bits per heavy atom. The Morgan fingerprint density at radius 1 is 1.00 bits per heavy atom. The third-order valence-corrected chi connectivity index (χ3v) is 4.14. The number of hydrogen-bond acceptors (Lipinski definition) is 2. The minimum Gasteiger partial charge on any atom is -0.310 e. The lowest BCUT2D eigenvalue weighted by molar-refractivity contribution is 0.0968. The van der Waals surface area contributed by atoms with Gasteiger partial charge in [0.05, 0.1) is 0 Å². The lowest BCUT2D eigenvalue weighted by Crippen LogP contribution is -2.25. The number of ketones is 1. The van der Waals surface area contributed by atoms with Gasteiger partial charge in [0, 0.05) is 18.0 Å². The van der Waals surface area contributed by atoms with E-state index < -0.39 is 0 Å². The highest BCUT2D eigenvalue weighted by Gasteiger charge is 2.16. The molecule has 0 radical (unpaired) electrons. The molecule has 0 fully saturated rings. The molecule has 0 aromatic heterocycles. The van der Waals surface area contributed by atoms with E-state index in [-0.39, 0.29) is 11.8 Å². The summed E-state index contributed by atoms with van der Waals surface area (Å²) in [6.45, 7) is 5.19. The molecule has 0 saturated carbocycles. The van der Waals surface area contributed by atoms with Gasteiger partial charge < -0.3 is 5.32 Å². The zero-order chi connectivity index (χ0) is 16.5. The summed E-state index contributed by atoms with van der Waals surface area (Å²) < 4.78 is 0. The SMILES string of the molecule is CCCCCNC(CC(=O)c1ccc(C)cc1)c1ccccc1. The number of nitrogens with one attached hydrogen (secondary N) is 1.